The number of pyridine rings is 2. The molecular formula is C30H32FN5O2. The van der Waals surface area contributed by atoms with Gasteiger partial charge in [0.25, 0.3) is 5.91 Å². The summed E-state index contributed by atoms with van der Waals surface area (Å²) in [6.45, 7) is 8.16. The summed E-state index contributed by atoms with van der Waals surface area (Å²) in [5, 5.41) is 0. The number of ether oxygens (including phenoxy) is 1. The second kappa shape index (κ2) is 9.83. The van der Waals surface area contributed by atoms with Gasteiger partial charge in [-0.1, -0.05) is 44.2 Å². The lowest BCUT2D eigenvalue weighted by atomic mass is 10.0. The molecule has 1 aromatic carbocycles. The van der Waals surface area contributed by atoms with Gasteiger partial charge in [0.2, 0.25) is 5.88 Å². The van der Waals surface area contributed by atoms with Crippen molar-refractivity contribution in [2.24, 2.45) is 11.8 Å². The molecule has 7 nitrogen and oxygen atoms in total. The van der Waals surface area contributed by atoms with E-state index in [2.05, 4.69) is 58.6 Å². The molecule has 0 bridgehead atoms. The lowest BCUT2D eigenvalue weighted by Crippen LogP contribution is -2.34. The van der Waals surface area contributed by atoms with Crippen molar-refractivity contribution in [3.05, 3.63) is 83.6 Å². The van der Waals surface area contributed by atoms with Crippen LogP contribution in [0, 0.1) is 17.7 Å². The highest BCUT2D eigenvalue weighted by Crippen LogP contribution is 2.35. The summed E-state index contributed by atoms with van der Waals surface area (Å²) in [5.74, 6) is 0.438. The number of likely N-dealkylation sites (tertiary alicyclic amines) is 2. The van der Waals surface area contributed by atoms with Gasteiger partial charge in [0.1, 0.15) is 5.65 Å². The maximum absolute atomic E-state index is 14.4. The molecule has 5 heterocycles. The van der Waals surface area contributed by atoms with Crippen LogP contribution in [0.2, 0.25) is 0 Å². The van der Waals surface area contributed by atoms with E-state index in [4.69, 9.17) is 9.72 Å². The molecule has 2 fully saturated rings. The van der Waals surface area contributed by atoms with Gasteiger partial charge in [0.15, 0.2) is 11.5 Å². The first-order chi connectivity index (χ1) is 18.4. The number of hydrogen-bond acceptors (Lipinski definition) is 5. The van der Waals surface area contributed by atoms with Gasteiger partial charge in [-0.15, -0.1) is 0 Å². The number of carbonyl (C=O) groups is 1. The van der Waals surface area contributed by atoms with Crippen LogP contribution in [-0.2, 0) is 6.54 Å². The number of rotatable bonds is 6. The first kappa shape index (κ1) is 24.6. The van der Waals surface area contributed by atoms with Crippen molar-refractivity contribution in [1.29, 1.82) is 0 Å². The normalized spacial score (nSPS) is 19.4. The largest absolute Gasteiger partial charge is 0.481 e. The van der Waals surface area contributed by atoms with Crippen molar-refractivity contribution in [3.8, 4) is 17.1 Å². The lowest BCUT2D eigenvalue weighted by Gasteiger charge is -2.22. The van der Waals surface area contributed by atoms with Crippen molar-refractivity contribution in [1.82, 2.24) is 24.2 Å². The Labute approximate surface area is 221 Å². The lowest BCUT2D eigenvalue weighted by molar-refractivity contribution is 0.0761. The molecule has 2 atom stereocenters. The molecule has 0 aliphatic carbocycles. The van der Waals surface area contributed by atoms with Crippen molar-refractivity contribution >= 4 is 11.6 Å². The van der Waals surface area contributed by atoms with E-state index in [1.54, 1.807) is 4.90 Å². The highest BCUT2D eigenvalue weighted by Gasteiger charge is 2.42. The van der Waals surface area contributed by atoms with Gasteiger partial charge in [0.05, 0.1) is 18.5 Å². The Balaban J connectivity index is 1.19. The summed E-state index contributed by atoms with van der Waals surface area (Å²) >= 11 is 0. The van der Waals surface area contributed by atoms with Crippen LogP contribution in [-0.4, -0.2) is 63.4 Å². The van der Waals surface area contributed by atoms with E-state index in [-0.39, 0.29) is 17.5 Å². The Kier molecular flexibility index (Phi) is 6.35. The molecule has 6 rings (SSSR count). The number of hydrogen-bond donors (Lipinski definition) is 0. The monoisotopic (exact) mass is 513 g/mol. The molecule has 0 radical (unpaired) electrons. The minimum absolute atomic E-state index is 0.167. The molecule has 2 aliphatic heterocycles. The summed E-state index contributed by atoms with van der Waals surface area (Å²) in [6.07, 6.45) is 2.08. The molecule has 2 unspecified atom stereocenters. The molecule has 3 aromatic heterocycles. The van der Waals surface area contributed by atoms with Crippen LogP contribution in [0.15, 0.2) is 60.8 Å². The molecular weight excluding hydrogens is 481 g/mol. The molecule has 2 saturated heterocycles. The van der Waals surface area contributed by atoms with Crippen LogP contribution in [0.25, 0.3) is 16.9 Å². The zero-order chi connectivity index (χ0) is 26.4. The molecule has 0 N–H and O–H groups in total. The van der Waals surface area contributed by atoms with E-state index in [0.29, 0.717) is 30.8 Å². The van der Waals surface area contributed by atoms with Gasteiger partial charge in [-0.25, -0.2) is 14.4 Å². The Morgan fingerprint density at radius 1 is 1.00 bits per heavy atom. The van der Waals surface area contributed by atoms with E-state index in [9.17, 15) is 9.18 Å². The number of nitrogens with zero attached hydrogens (tertiary/aromatic N) is 5. The van der Waals surface area contributed by atoms with Crippen LogP contribution in [0.3, 0.4) is 0 Å². The van der Waals surface area contributed by atoms with Crippen molar-refractivity contribution < 1.29 is 13.9 Å². The molecule has 0 spiro atoms. The van der Waals surface area contributed by atoms with Crippen molar-refractivity contribution in [3.63, 3.8) is 0 Å². The smallest absolute Gasteiger partial charge is 0.275 e. The van der Waals surface area contributed by atoms with E-state index >= 15 is 0 Å². The van der Waals surface area contributed by atoms with Gasteiger partial charge in [-0.2, -0.15) is 0 Å². The minimum atomic E-state index is -0.615. The Morgan fingerprint density at radius 2 is 1.74 bits per heavy atom. The molecule has 38 heavy (non-hydrogen) atoms. The number of fused-ring (bicyclic) bond motifs is 2. The summed E-state index contributed by atoms with van der Waals surface area (Å²) in [6, 6.07) is 17.5. The van der Waals surface area contributed by atoms with Crippen LogP contribution >= 0.6 is 0 Å². The number of benzene rings is 1. The van der Waals surface area contributed by atoms with E-state index < -0.39 is 5.82 Å². The predicted molar refractivity (Wildman–Crippen MR) is 144 cm³/mol. The average Bonchev–Trinajstić information content (AvgIpc) is 3.61. The number of aromatic nitrogens is 3. The molecule has 2 aliphatic rings. The highest BCUT2D eigenvalue weighted by atomic mass is 19.1. The molecule has 4 aromatic rings. The summed E-state index contributed by atoms with van der Waals surface area (Å²) in [4.78, 5) is 26.3. The number of carbonyl (C=O) groups excluding carboxylic acids is 1. The summed E-state index contributed by atoms with van der Waals surface area (Å²) < 4.78 is 21.6. The molecule has 8 heteroatoms. The number of methoxy groups -OCH3 is 1. The maximum Gasteiger partial charge on any atom is 0.275 e. The van der Waals surface area contributed by atoms with Gasteiger partial charge >= 0.3 is 0 Å². The fraction of sp³-hybridized carbons (Fsp3) is 0.367. The first-order valence-corrected chi connectivity index (χ1v) is 13.2. The third kappa shape index (κ3) is 4.43. The quantitative estimate of drug-likeness (QED) is 0.368. The Morgan fingerprint density at radius 3 is 2.42 bits per heavy atom. The fourth-order valence-electron chi connectivity index (χ4n) is 5.89. The van der Waals surface area contributed by atoms with Crippen molar-refractivity contribution in [2.75, 3.05) is 33.3 Å². The van der Waals surface area contributed by atoms with E-state index in [1.807, 2.05) is 18.2 Å². The van der Waals surface area contributed by atoms with Gasteiger partial charge in [-0.3, -0.25) is 9.69 Å². The van der Waals surface area contributed by atoms with Crippen LogP contribution < -0.4 is 4.74 Å². The second-order valence-electron chi connectivity index (χ2n) is 10.7. The van der Waals surface area contributed by atoms with Crippen LogP contribution in [0.4, 0.5) is 4.39 Å². The molecule has 196 valence electrons. The van der Waals surface area contributed by atoms with Crippen LogP contribution in [0.5, 0.6) is 5.88 Å². The third-order valence-electron chi connectivity index (χ3n) is 7.93. The Bertz CT molecular complexity index is 1470. The fourth-order valence-corrected chi connectivity index (χ4v) is 5.89. The van der Waals surface area contributed by atoms with Crippen molar-refractivity contribution in [2.45, 2.75) is 26.3 Å². The average molecular weight is 514 g/mol. The third-order valence-corrected chi connectivity index (χ3v) is 7.93. The Hall–Kier alpha value is -3.78. The SMILES string of the molecule is COc1ccc(F)c(C(=O)N2CC3CN(Cc4c(-c5ccc(C(C)C)cc5)nc5ccccn45)CC3C2)n1. The summed E-state index contributed by atoms with van der Waals surface area (Å²) in [5.41, 5.74) is 5.40. The van der Waals surface area contributed by atoms with Crippen LogP contribution in [0.1, 0.15) is 41.5 Å². The number of amides is 1. The highest BCUT2D eigenvalue weighted by molar-refractivity contribution is 5.93. The van der Waals surface area contributed by atoms with E-state index in [0.717, 1.165) is 36.5 Å². The predicted octanol–water partition coefficient (Wildman–Crippen LogP) is 4.87. The summed E-state index contributed by atoms with van der Waals surface area (Å²) in [7, 11) is 1.46. The minimum Gasteiger partial charge on any atom is -0.481 e. The number of imidazole rings is 1. The first-order valence-electron chi connectivity index (χ1n) is 13.2. The second-order valence-corrected chi connectivity index (χ2v) is 10.7. The number of halogens is 1. The zero-order valence-corrected chi connectivity index (χ0v) is 22.0. The maximum atomic E-state index is 14.4. The topological polar surface area (TPSA) is 63.0 Å². The molecule has 1 amide bonds. The molecule has 0 saturated carbocycles. The zero-order valence-electron chi connectivity index (χ0n) is 22.0. The van der Waals surface area contributed by atoms with E-state index in [1.165, 1.54) is 30.5 Å². The standard InChI is InChI=1S/C30H32FN5O2/c1-19(2)20-7-9-21(10-8-20)28-25(36-13-5-4-6-26(36)32-28)18-34-14-22-16-35(17-23(22)15-34)30(37)29-24(31)11-12-27(33-29)38-3/h4-13,19,22-23H,14-18H2,1-3H3. The van der Waals surface area contributed by atoms with Gasteiger partial charge in [-0.05, 0) is 41.5 Å². The van der Waals surface area contributed by atoms with Gasteiger partial charge in [0, 0.05) is 50.6 Å². The van der Waals surface area contributed by atoms with Gasteiger partial charge < -0.3 is 14.0 Å².